The molecule has 1 saturated carbocycles. The molecule has 1 fully saturated rings. The van der Waals surface area contributed by atoms with Crippen LogP contribution in [0, 0.1) is 11.7 Å². The van der Waals surface area contributed by atoms with E-state index in [2.05, 4.69) is 26.2 Å². The van der Waals surface area contributed by atoms with Crippen molar-refractivity contribution < 1.29 is 13.9 Å². The third-order valence-electron chi connectivity index (χ3n) is 5.48. The maximum Gasteiger partial charge on any atom is 0.338 e. The van der Waals surface area contributed by atoms with E-state index in [0.717, 1.165) is 42.0 Å². The number of nitrogens with one attached hydrogen (secondary N) is 1. The first-order chi connectivity index (χ1) is 14.6. The lowest BCUT2D eigenvalue weighted by Crippen LogP contribution is -2.37. The summed E-state index contributed by atoms with van der Waals surface area (Å²) >= 11 is 4.95. The number of esters is 1. The minimum absolute atomic E-state index is 0.227. The van der Waals surface area contributed by atoms with Crippen molar-refractivity contribution in [3.8, 4) is 0 Å². The maximum absolute atomic E-state index is 13.8. The summed E-state index contributed by atoms with van der Waals surface area (Å²) < 4.78 is 19.8. The van der Waals surface area contributed by atoms with E-state index in [-0.39, 0.29) is 24.3 Å². The highest BCUT2D eigenvalue weighted by Crippen LogP contribution is 2.41. The van der Waals surface area contributed by atoms with Crippen LogP contribution in [-0.4, -0.2) is 23.4 Å². The number of rotatable bonds is 5. The molecule has 30 heavy (non-hydrogen) atoms. The van der Waals surface area contributed by atoms with Gasteiger partial charge in [0.05, 0.1) is 12.2 Å². The number of thiazole rings is 1. The van der Waals surface area contributed by atoms with E-state index < -0.39 is 6.04 Å². The largest absolute Gasteiger partial charge is 0.463 e. The van der Waals surface area contributed by atoms with Gasteiger partial charge in [-0.1, -0.05) is 41.3 Å². The van der Waals surface area contributed by atoms with Gasteiger partial charge in [0.15, 0.2) is 10.8 Å². The summed E-state index contributed by atoms with van der Waals surface area (Å²) in [6.45, 7) is 2.07. The number of allylic oxidation sites excluding steroid dienone is 1. The summed E-state index contributed by atoms with van der Waals surface area (Å²) in [7, 11) is 0. The third-order valence-corrected chi connectivity index (χ3v) is 6.94. The second-order valence-corrected chi connectivity index (χ2v) is 9.14. The van der Waals surface area contributed by atoms with E-state index >= 15 is 0 Å². The van der Waals surface area contributed by atoms with Crippen LogP contribution in [0.25, 0.3) is 0 Å². The van der Waals surface area contributed by atoms with E-state index in [1.165, 1.54) is 29.9 Å². The summed E-state index contributed by atoms with van der Waals surface area (Å²) in [5.74, 6) is 0.136. The first kappa shape index (κ1) is 21.2. The van der Waals surface area contributed by atoms with Gasteiger partial charge in [0.25, 0.3) is 0 Å². The predicted octanol–water partition coefficient (Wildman–Crippen LogP) is 5.53. The minimum Gasteiger partial charge on any atom is -0.463 e. The van der Waals surface area contributed by atoms with Crippen LogP contribution in [0.2, 0.25) is 0 Å². The molecule has 0 amide bonds. The number of carbonyl (C=O) groups is 1. The van der Waals surface area contributed by atoms with Crippen molar-refractivity contribution in [1.82, 2.24) is 10.3 Å². The molecular formula is C22H23BrFN3O2S. The van der Waals surface area contributed by atoms with Gasteiger partial charge < -0.3 is 10.1 Å². The van der Waals surface area contributed by atoms with Crippen molar-refractivity contribution in [2.24, 2.45) is 10.9 Å². The highest BCUT2D eigenvalue weighted by atomic mass is 79.9. The lowest BCUT2D eigenvalue weighted by molar-refractivity contribution is -0.139. The molecule has 0 saturated heterocycles. The quantitative estimate of drug-likeness (QED) is 0.558. The summed E-state index contributed by atoms with van der Waals surface area (Å²) in [6.07, 6.45) is 7.21. The number of benzene rings is 1. The second-order valence-electron chi connectivity index (χ2n) is 7.39. The Balaban J connectivity index is 1.87. The van der Waals surface area contributed by atoms with Crippen molar-refractivity contribution in [3.63, 3.8) is 0 Å². The minimum atomic E-state index is -0.601. The number of nitrogens with zero attached hydrogens (tertiary/aromatic N) is 2. The third kappa shape index (κ3) is 4.34. The van der Waals surface area contributed by atoms with Crippen molar-refractivity contribution in [2.75, 3.05) is 6.61 Å². The number of ether oxygens (including phenoxy) is 1. The lowest BCUT2D eigenvalue weighted by atomic mass is 9.82. The zero-order valence-electron chi connectivity index (χ0n) is 16.7. The number of aliphatic imine (C=N–C) groups is 1. The van der Waals surface area contributed by atoms with Gasteiger partial charge in [-0.05, 0) is 43.4 Å². The molecule has 2 aliphatic rings. The zero-order chi connectivity index (χ0) is 21.1. The number of amidine groups is 1. The summed E-state index contributed by atoms with van der Waals surface area (Å²) in [6, 6.07) is 3.87. The molecule has 1 aromatic carbocycles. The molecule has 0 spiro atoms. The van der Waals surface area contributed by atoms with Crippen LogP contribution in [0.15, 0.2) is 50.5 Å². The number of hydrogen-bond donors (Lipinski definition) is 1. The van der Waals surface area contributed by atoms with Crippen molar-refractivity contribution >= 4 is 39.1 Å². The van der Waals surface area contributed by atoms with E-state index in [1.807, 2.05) is 5.38 Å². The standard InChI is InChI=1S/C22H23BrFN3O2S/c1-2-29-22(28)17-18(13-6-4-3-5-7-13)26-20(21-25-10-11-30-21)27-19(17)15-9-8-14(24)12-16(15)23/h8-13,19H,2-7H2,1H3,(H,26,27). The second kappa shape index (κ2) is 9.39. The monoisotopic (exact) mass is 491 g/mol. The van der Waals surface area contributed by atoms with E-state index in [0.29, 0.717) is 15.9 Å². The van der Waals surface area contributed by atoms with Crippen LogP contribution in [0.4, 0.5) is 4.39 Å². The Bertz CT molecular complexity index is 984. The predicted molar refractivity (Wildman–Crippen MR) is 119 cm³/mol. The van der Waals surface area contributed by atoms with Crippen molar-refractivity contribution in [2.45, 2.75) is 45.1 Å². The molecule has 8 heteroatoms. The molecule has 5 nitrogen and oxygen atoms in total. The summed E-state index contributed by atoms with van der Waals surface area (Å²) in [5.41, 5.74) is 2.11. The zero-order valence-corrected chi connectivity index (χ0v) is 19.1. The molecule has 4 rings (SSSR count). The van der Waals surface area contributed by atoms with Crippen LogP contribution >= 0.6 is 27.3 Å². The van der Waals surface area contributed by atoms with Crippen LogP contribution in [0.3, 0.4) is 0 Å². The highest BCUT2D eigenvalue weighted by molar-refractivity contribution is 9.10. The van der Waals surface area contributed by atoms with Crippen LogP contribution < -0.4 is 5.32 Å². The van der Waals surface area contributed by atoms with Gasteiger partial charge in [0, 0.05) is 21.7 Å². The Morgan fingerprint density at radius 2 is 2.13 bits per heavy atom. The lowest BCUT2D eigenvalue weighted by Gasteiger charge is -2.33. The molecule has 1 aliphatic heterocycles. The van der Waals surface area contributed by atoms with Crippen molar-refractivity contribution in [3.05, 3.63) is 61.9 Å². The Hall–Kier alpha value is -2.06. The molecule has 1 aliphatic carbocycles. The van der Waals surface area contributed by atoms with Crippen molar-refractivity contribution in [1.29, 1.82) is 0 Å². The van der Waals surface area contributed by atoms with Crippen LogP contribution in [0.1, 0.15) is 55.6 Å². The van der Waals surface area contributed by atoms with Gasteiger partial charge in [0.1, 0.15) is 11.9 Å². The molecule has 1 unspecified atom stereocenters. The number of halogens is 2. The van der Waals surface area contributed by atoms with E-state index in [1.54, 1.807) is 19.2 Å². The summed E-state index contributed by atoms with van der Waals surface area (Å²) in [4.78, 5) is 22.4. The molecule has 2 aromatic rings. The smallest absolute Gasteiger partial charge is 0.338 e. The number of carbonyl (C=O) groups excluding carboxylic acids is 1. The Kier molecular flexibility index (Phi) is 6.63. The Labute approximate surface area is 187 Å². The SMILES string of the molecule is CCOC(=O)C1=C(C2CCCCC2)NC(c2nccs2)=NC1c1ccc(F)cc1Br. The molecule has 1 aromatic heterocycles. The van der Waals surface area contributed by atoms with Gasteiger partial charge in [0.2, 0.25) is 0 Å². The first-order valence-corrected chi connectivity index (χ1v) is 11.9. The van der Waals surface area contributed by atoms with Gasteiger partial charge in [-0.25, -0.2) is 14.2 Å². The van der Waals surface area contributed by atoms with Gasteiger partial charge in [-0.2, -0.15) is 0 Å². The van der Waals surface area contributed by atoms with Gasteiger partial charge in [-0.15, -0.1) is 11.3 Å². The highest BCUT2D eigenvalue weighted by Gasteiger charge is 2.36. The first-order valence-electron chi connectivity index (χ1n) is 10.2. The van der Waals surface area contributed by atoms with Crippen LogP contribution in [-0.2, 0) is 9.53 Å². The summed E-state index contributed by atoms with van der Waals surface area (Å²) in [5, 5.41) is 6.09. The molecule has 2 heterocycles. The molecule has 1 N–H and O–H groups in total. The molecule has 0 bridgehead atoms. The maximum atomic E-state index is 13.8. The van der Waals surface area contributed by atoms with E-state index in [4.69, 9.17) is 9.73 Å². The fourth-order valence-electron chi connectivity index (χ4n) is 4.11. The van der Waals surface area contributed by atoms with E-state index in [9.17, 15) is 9.18 Å². The number of hydrogen-bond acceptors (Lipinski definition) is 6. The average Bonchev–Trinajstić information content (AvgIpc) is 3.29. The molecule has 0 radical (unpaired) electrons. The van der Waals surface area contributed by atoms with Crippen LogP contribution in [0.5, 0.6) is 0 Å². The molecule has 158 valence electrons. The topological polar surface area (TPSA) is 63.6 Å². The number of aromatic nitrogens is 1. The Morgan fingerprint density at radius 1 is 1.33 bits per heavy atom. The fraction of sp³-hybridized carbons (Fsp3) is 0.409. The molecule has 1 atom stereocenters. The van der Waals surface area contributed by atoms with Gasteiger partial charge >= 0.3 is 5.97 Å². The fourth-order valence-corrected chi connectivity index (χ4v) is 5.26. The Morgan fingerprint density at radius 3 is 2.80 bits per heavy atom. The average molecular weight is 492 g/mol. The normalized spacial score (nSPS) is 20.0. The molecular weight excluding hydrogens is 469 g/mol. The van der Waals surface area contributed by atoms with Gasteiger partial charge in [-0.3, -0.25) is 4.99 Å².